The van der Waals surface area contributed by atoms with Crippen molar-refractivity contribution in [1.82, 2.24) is 0 Å². The highest BCUT2D eigenvalue weighted by molar-refractivity contribution is 6.23. The van der Waals surface area contributed by atoms with Gasteiger partial charge in [-0.05, 0) is 0 Å². The SMILES string of the molecule is CC(=O)C=O.O=CC=O.O=CCO. The highest BCUT2D eigenvalue weighted by Gasteiger charge is 1.76. The highest BCUT2D eigenvalue weighted by atomic mass is 16.3. The molecule has 6 heteroatoms. The Morgan fingerprint density at radius 2 is 1.38 bits per heavy atom. The summed E-state index contributed by atoms with van der Waals surface area (Å²) in [7, 11) is 0. The minimum Gasteiger partial charge on any atom is -0.389 e. The van der Waals surface area contributed by atoms with E-state index in [0.29, 0.717) is 6.29 Å². The predicted octanol–water partition coefficient (Wildman–Crippen LogP) is -1.66. The van der Waals surface area contributed by atoms with Gasteiger partial charge in [-0.25, -0.2) is 0 Å². The van der Waals surface area contributed by atoms with Crippen LogP contribution in [-0.2, 0) is 24.0 Å². The normalized spacial score (nSPS) is 6.00. The molecule has 0 atom stereocenters. The summed E-state index contributed by atoms with van der Waals surface area (Å²) in [5.41, 5.74) is 0. The number of hydrogen-bond acceptors (Lipinski definition) is 6. The van der Waals surface area contributed by atoms with E-state index in [4.69, 9.17) is 24.3 Å². The lowest BCUT2D eigenvalue weighted by Crippen LogP contribution is -1.85. The van der Waals surface area contributed by atoms with E-state index in [2.05, 4.69) is 0 Å². The molecule has 0 radical (unpaired) electrons. The number of rotatable bonds is 3. The van der Waals surface area contributed by atoms with Gasteiger partial charge in [-0.1, -0.05) is 0 Å². The van der Waals surface area contributed by atoms with Crippen LogP contribution in [-0.4, -0.2) is 42.6 Å². The van der Waals surface area contributed by atoms with Gasteiger partial charge in [-0.3, -0.25) is 19.2 Å². The third-order valence-electron chi connectivity index (χ3n) is 0.296. The molecule has 0 rings (SSSR count). The lowest BCUT2D eigenvalue weighted by Gasteiger charge is -1.57. The van der Waals surface area contributed by atoms with Gasteiger partial charge in [-0.15, -0.1) is 0 Å². The van der Waals surface area contributed by atoms with Crippen molar-refractivity contribution >= 4 is 30.9 Å². The lowest BCUT2D eigenvalue weighted by molar-refractivity contribution is -0.128. The van der Waals surface area contributed by atoms with E-state index < -0.39 is 5.78 Å². The van der Waals surface area contributed by atoms with Crippen molar-refractivity contribution in [2.45, 2.75) is 6.92 Å². The molecule has 0 aliphatic heterocycles. The number of hydrogen-bond donors (Lipinski definition) is 1. The summed E-state index contributed by atoms with van der Waals surface area (Å²) in [5.74, 6) is -0.426. The molecule has 6 nitrogen and oxygen atoms in total. The summed E-state index contributed by atoms with van der Waals surface area (Å²) >= 11 is 0. The first-order valence-corrected chi connectivity index (χ1v) is 2.99. The van der Waals surface area contributed by atoms with Gasteiger partial charge >= 0.3 is 0 Å². The highest BCUT2D eigenvalue weighted by Crippen LogP contribution is 1.48. The van der Waals surface area contributed by atoms with E-state index in [1.807, 2.05) is 0 Å². The third kappa shape index (κ3) is 133. The van der Waals surface area contributed by atoms with Crippen LogP contribution in [0.5, 0.6) is 0 Å². The van der Waals surface area contributed by atoms with Crippen LogP contribution >= 0.6 is 0 Å². The second kappa shape index (κ2) is 22.4. The number of aliphatic hydroxyl groups excluding tert-OH is 1. The molecular weight excluding hydrogens is 180 g/mol. The Kier molecular flexibility index (Phi) is 30.1. The Morgan fingerprint density at radius 1 is 1.15 bits per heavy atom. The molecule has 0 amide bonds. The third-order valence-corrected chi connectivity index (χ3v) is 0.296. The fourth-order valence-electron chi connectivity index (χ4n) is 0. The van der Waals surface area contributed by atoms with Crippen LogP contribution in [0.3, 0.4) is 0 Å². The monoisotopic (exact) mass is 190 g/mol. The van der Waals surface area contributed by atoms with Crippen molar-refractivity contribution in [3.8, 4) is 0 Å². The van der Waals surface area contributed by atoms with Gasteiger partial charge < -0.3 is 9.90 Å². The molecule has 0 aromatic carbocycles. The minimum atomic E-state index is -0.426. The molecular formula is C7H10O6. The summed E-state index contributed by atoms with van der Waals surface area (Å²) in [5, 5.41) is 7.51. The van der Waals surface area contributed by atoms with E-state index in [1.54, 1.807) is 0 Å². The van der Waals surface area contributed by atoms with Crippen molar-refractivity contribution < 1.29 is 29.1 Å². The van der Waals surface area contributed by atoms with Gasteiger partial charge in [0, 0.05) is 6.92 Å². The van der Waals surface area contributed by atoms with Crippen LogP contribution < -0.4 is 0 Å². The Hall–Kier alpha value is -1.69. The predicted molar refractivity (Wildman–Crippen MR) is 42.0 cm³/mol. The van der Waals surface area contributed by atoms with E-state index in [1.165, 1.54) is 6.92 Å². The molecule has 0 heterocycles. The average Bonchev–Trinajstić information content (AvgIpc) is 2.18. The van der Waals surface area contributed by atoms with Gasteiger partial charge in [-0.2, -0.15) is 0 Å². The maximum absolute atomic E-state index is 9.44. The van der Waals surface area contributed by atoms with Gasteiger partial charge in [0.15, 0.2) is 24.6 Å². The molecule has 0 aromatic rings. The lowest BCUT2D eigenvalue weighted by atomic mass is 10.5. The number of ketones is 1. The molecule has 0 aliphatic carbocycles. The number of carbonyl (C=O) groups excluding carboxylic acids is 5. The van der Waals surface area contributed by atoms with Crippen molar-refractivity contribution in [2.75, 3.05) is 6.61 Å². The van der Waals surface area contributed by atoms with Gasteiger partial charge in [0.25, 0.3) is 0 Å². The Morgan fingerprint density at radius 3 is 1.38 bits per heavy atom. The molecule has 0 saturated heterocycles. The van der Waals surface area contributed by atoms with Crippen molar-refractivity contribution in [2.24, 2.45) is 0 Å². The second-order valence-corrected chi connectivity index (χ2v) is 1.35. The standard InChI is InChI=1S/C3H4O2.C2H4O2.C2H2O2/c1-3(5)2-4;2*3-1-2-4/h2H,1H3;1,4H,2H2;1-2H. The summed E-state index contributed by atoms with van der Waals surface area (Å²) in [6.45, 7) is 0.854. The molecule has 74 valence electrons. The van der Waals surface area contributed by atoms with Crippen molar-refractivity contribution in [3.63, 3.8) is 0 Å². The number of Topliss-reactive ketones (excluding diaryl/α,β-unsaturated/α-hetero) is 1. The van der Waals surface area contributed by atoms with Gasteiger partial charge in [0.1, 0.15) is 6.29 Å². The molecule has 1 N–H and O–H groups in total. The van der Waals surface area contributed by atoms with Crippen LogP contribution in [0.15, 0.2) is 0 Å². The van der Waals surface area contributed by atoms with Crippen molar-refractivity contribution in [3.05, 3.63) is 0 Å². The van der Waals surface area contributed by atoms with E-state index in [9.17, 15) is 4.79 Å². The minimum absolute atomic E-state index is 0.194. The first-order chi connectivity index (χ1) is 6.10. The van der Waals surface area contributed by atoms with Crippen LogP contribution in [0.1, 0.15) is 6.92 Å². The molecule has 0 bridgehead atoms. The largest absolute Gasteiger partial charge is 0.389 e. The summed E-state index contributed by atoms with van der Waals surface area (Å²) < 4.78 is 0. The van der Waals surface area contributed by atoms with Gasteiger partial charge in [0.05, 0.1) is 6.61 Å². The quantitative estimate of drug-likeness (QED) is 0.421. The molecule has 0 fully saturated rings. The van der Waals surface area contributed by atoms with Crippen LogP contribution in [0.25, 0.3) is 0 Å². The Labute approximate surface area is 74.5 Å². The molecule has 0 aromatic heterocycles. The average molecular weight is 190 g/mol. The van der Waals surface area contributed by atoms with E-state index in [0.717, 1.165) is 0 Å². The van der Waals surface area contributed by atoms with E-state index >= 15 is 0 Å². The van der Waals surface area contributed by atoms with Crippen LogP contribution in [0.4, 0.5) is 0 Å². The molecule has 0 saturated carbocycles. The zero-order chi connectivity index (χ0) is 11.1. The first-order valence-electron chi connectivity index (χ1n) is 2.99. The summed E-state index contributed by atoms with van der Waals surface area (Å²) in [6.07, 6.45) is 1.10. The first kappa shape index (κ1) is 17.4. The maximum Gasteiger partial charge on any atom is 0.192 e. The fourth-order valence-corrected chi connectivity index (χ4v) is 0. The van der Waals surface area contributed by atoms with Crippen molar-refractivity contribution in [1.29, 1.82) is 0 Å². The van der Waals surface area contributed by atoms with E-state index in [-0.39, 0.29) is 25.5 Å². The van der Waals surface area contributed by atoms with Gasteiger partial charge in [0.2, 0.25) is 0 Å². The smallest absolute Gasteiger partial charge is 0.192 e. The number of aliphatic hydroxyl groups is 1. The number of carbonyl (C=O) groups is 5. The fraction of sp³-hybridized carbons (Fsp3) is 0.286. The Balaban J connectivity index is -0.000000117. The topological polar surface area (TPSA) is 106 Å². The molecule has 0 unspecified atom stereocenters. The molecule has 0 aliphatic rings. The van der Waals surface area contributed by atoms with Crippen LogP contribution in [0.2, 0.25) is 0 Å². The molecule has 13 heavy (non-hydrogen) atoms. The zero-order valence-corrected chi connectivity index (χ0v) is 7.00. The summed E-state index contributed by atoms with van der Waals surface area (Å²) in [4.78, 5) is 45.1. The Bertz CT molecular complexity index is 156. The maximum atomic E-state index is 9.44. The second-order valence-electron chi connectivity index (χ2n) is 1.35. The van der Waals surface area contributed by atoms with Crippen LogP contribution in [0, 0.1) is 0 Å². The zero-order valence-electron chi connectivity index (χ0n) is 7.00. The summed E-state index contributed by atoms with van der Waals surface area (Å²) in [6, 6.07) is 0. The number of aldehydes is 4. The molecule has 0 spiro atoms.